The van der Waals surface area contributed by atoms with Gasteiger partial charge in [-0.25, -0.2) is 4.79 Å². The predicted molar refractivity (Wildman–Crippen MR) is 80.0 cm³/mol. The molecule has 2 amide bonds. The Hall–Kier alpha value is -3.04. The lowest BCUT2D eigenvalue weighted by atomic mass is 9.85. The van der Waals surface area contributed by atoms with Gasteiger partial charge in [0.1, 0.15) is 5.75 Å². The van der Waals surface area contributed by atoms with E-state index in [1.807, 2.05) is 0 Å². The molecular formula is C15H13F2N3O5. The molecule has 1 aliphatic heterocycles. The van der Waals surface area contributed by atoms with Crippen LogP contribution in [0.3, 0.4) is 0 Å². The first-order valence-corrected chi connectivity index (χ1v) is 7.43. The molecule has 3 rings (SSSR count). The molecule has 1 atom stereocenters. The maximum absolute atomic E-state index is 12.7. The number of non-ortho nitro benzene ring substituents is 1. The first-order chi connectivity index (χ1) is 11.9. The highest BCUT2D eigenvalue weighted by Gasteiger charge is 2.36. The number of nitrogens with zero attached hydrogens (tertiary/aromatic N) is 1. The Morgan fingerprint density at radius 2 is 2.04 bits per heavy atom. The molecule has 2 aliphatic rings. The molecule has 0 aromatic heterocycles. The number of benzene rings is 1. The molecule has 0 unspecified atom stereocenters. The maximum Gasteiger partial charge on any atom is 0.387 e. The van der Waals surface area contributed by atoms with Gasteiger partial charge in [0.15, 0.2) is 5.78 Å². The molecule has 0 saturated carbocycles. The van der Waals surface area contributed by atoms with Crippen LogP contribution in [0.25, 0.3) is 0 Å². The number of hydrogen-bond acceptors (Lipinski definition) is 5. The maximum atomic E-state index is 12.7. The summed E-state index contributed by atoms with van der Waals surface area (Å²) in [7, 11) is 0. The number of carbonyl (C=O) groups excluding carboxylic acids is 2. The van der Waals surface area contributed by atoms with Crippen LogP contribution in [0.5, 0.6) is 5.75 Å². The third-order valence-corrected chi connectivity index (χ3v) is 4.02. The van der Waals surface area contributed by atoms with Crippen molar-refractivity contribution >= 4 is 17.5 Å². The largest absolute Gasteiger partial charge is 0.434 e. The van der Waals surface area contributed by atoms with E-state index < -0.39 is 23.6 Å². The molecular weight excluding hydrogens is 340 g/mol. The lowest BCUT2D eigenvalue weighted by Crippen LogP contribution is -2.46. The van der Waals surface area contributed by atoms with Gasteiger partial charge in [0.25, 0.3) is 5.69 Å². The zero-order valence-corrected chi connectivity index (χ0v) is 12.8. The summed E-state index contributed by atoms with van der Waals surface area (Å²) in [6, 6.07) is 1.36. The van der Waals surface area contributed by atoms with Crippen molar-refractivity contribution in [1.29, 1.82) is 0 Å². The number of halogens is 2. The number of nitro benzene ring substituents is 1. The number of carbonyl (C=O) groups is 2. The number of allylic oxidation sites excluding steroid dienone is 1. The molecule has 132 valence electrons. The highest BCUT2D eigenvalue weighted by molar-refractivity contribution is 6.01. The standard InChI is InChI=1S/C15H13F2N3O5/c16-14(17)25-11-5-4-7(20(23)24)6-8(11)13-12-9(18-15(22)19-13)2-1-3-10(12)21/h4-6,13-14H,1-3H2,(H2,18,19,22)/t13-/m0/s1. The van der Waals surface area contributed by atoms with Gasteiger partial charge in [-0.2, -0.15) is 8.78 Å². The number of nitro groups is 1. The zero-order valence-electron chi connectivity index (χ0n) is 12.8. The number of alkyl halides is 2. The lowest BCUT2D eigenvalue weighted by Gasteiger charge is -2.32. The second kappa shape index (κ2) is 6.46. The van der Waals surface area contributed by atoms with Gasteiger partial charge >= 0.3 is 12.6 Å². The van der Waals surface area contributed by atoms with E-state index in [-0.39, 0.29) is 34.8 Å². The van der Waals surface area contributed by atoms with Crippen molar-refractivity contribution in [3.8, 4) is 5.75 Å². The molecule has 0 spiro atoms. The van der Waals surface area contributed by atoms with Crippen LogP contribution in [0.4, 0.5) is 19.3 Å². The molecule has 25 heavy (non-hydrogen) atoms. The highest BCUT2D eigenvalue weighted by Crippen LogP contribution is 2.39. The fraction of sp³-hybridized carbons (Fsp3) is 0.333. The van der Waals surface area contributed by atoms with Crippen molar-refractivity contribution in [3.63, 3.8) is 0 Å². The summed E-state index contributed by atoms with van der Waals surface area (Å²) in [5, 5.41) is 16.0. The summed E-state index contributed by atoms with van der Waals surface area (Å²) < 4.78 is 29.8. The highest BCUT2D eigenvalue weighted by atomic mass is 19.3. The lowest BCUT2D eigenvalue weighted by molar-refractivity contribution is -0.385. The van der Waals surface area contributed by atoms with Crippen molar-refractivity contribution in [1.82, 2.24) is 10.6 Å². The summed E-state index contributed by atoms with van der Waals surface area (Å²) in [6.45, 7) is -3.16. The van der Waals surface area contributed by atoms with E-state index in [2.05, 4.69) is 15.4 Å². The summed E-state index contributed by atoms with van der Waals surface area (Å²) in [5.41, 5.74) is 0.187. The van der Waals surface area contributed by atoms with Crippen molar-refractivity contribution in [2.75, 3.05) is 0 Å². The van der Waals surface area contributed by atoms with Crippen molar-refractivity contribution in [3.05, 3.63) is 45.1 Å². The van der Waals surface area contributed by atoms with E-state index >= 15 is 0 Å². The van der Waals surface area contributed by atoms with Gasteiger partial charge in [-0.3, -0.25) is 14.9 Å². The molecule has 0 radical (unpaired) electrons. The molecule has 0 saturated heterocycles. The summed E-state index contributed by atoms with van der Waals surface area (Å²) in [6.07, 6.45) is 1.25. The van der Waals surface area contributed by atoms with E-state index in [9.17, 15) is 28.5 Å². The Kier molecular flexibility index (Phi) is 4.34. The van der Waals surface area contributed by atoms with E-state index in [1.165, 1.54) is 0 Å². The molecule has 1 aliphatic carbocycles. The number of hydrogen-bond donors (Lipinski definition) is 2. The van der Waals surface area contributed by atoms with Crippen molar-refractivity contribution in [2.45, 2.75) is 31.9 Å². The molecule has 0 fully saturated rings. The Morgan fingerprint density at radius 1 is 1.28 bits per heavy atom. The van der Waals surface area contributed by atoms with Gasteiger partial charge in [0.05, 0.1) is 11.0 Å². The topological polar surface area (TPSA) is 111 Å². The predicted octanol–water partition coefficient (Wildman–Crippen LogP) is 2.56. The van der Waals surface area contributed by atoms with Gasteiger partial charge in [0.2, 0.25) is 0 Å². The minimum atomic E-state index is -3.16. The number of ether oxygens (including phenoxy) is 1. The van der Waals surface area contributed by atoms with Crippen LogP contribution in [0, 0.1) is 10.1 Å². The number of urea groups is 1. The molecule has 8 nitrogen and oxygen atoms in total. The van der Waals surface area contributed by atoms with Crippen LogP contribution >= 0.6 is 0 Å². The number of ketones is 1. The fourth-order valence-corrected chi connectivity index (χ4v) is 3.02. The van der Waals surface area contributed by atoms with Gasteiger partial charge in [0, 0.05) is 35.4 Å². The summed E-state index contributed by atoms with van der Waals surface area (Å²) in [5.74, 6) is -0.591. The Bertz CT molecular complexity index is 793. The third kappa shape index (κ3) is 3.28. The molecule has 1 aromatic rings. The van der Waals surface area contributed by atoms with E-state index in [0.29, 0.717) is 18.5 Å². The SMILES string of the molecule is O=C1NC2=C(C(=O)CCC2)[C@H](c2cc([N+](=O)[O-])ccc2OC(F)F)N1. The first kappa shape index (κ1) is 16.8. The van der Waals surface area contributed by atoms with Crippen LogP contribution in [0.15, 0.2) is 29.5 Å². The minimum Gasteiger partial charge on any atom is -0.434 e. The zero-order chi connectivity index (χ0) is 18.1. The van der Waals surface area contributed by atoms with E-state index in [1.54, 1.807) is 0 Å². The quantitative estimate of drug-likeness (QED) is 0.638. The molecule has 10 heteroatoms. The van der Waals surface area contributed by atoms with E-state index in [0.717, 1.165) is 18.2 Å². The molecule has 2 N–H and O–H groups in total. The summed E-state index contributed by atoms with van der Waals surface area (Å²) in [4.78, 5) is 34.5. The summed E-state index contributed by atoms with van der Waals surface area (Å²) >= 11 is 0. The van der Waals surface area contributed by atoms with Crippen LogP contribution in [0.2, 0.25) is 0 Å². The minimum absolute atomic E-state index is 0.0629. The van der Waals surface area contributed by atoms with Crippen LogP contribution in [-0.2, 0) is 4.79 Å². The smallest absolute Gasteiger partial charge is 0.387 e. The molecule has 1 heterocycles. The number of rotatable bonds is 4. The van der Waals surface area contributed by atoms with Crippen LogP contribution in [-0.4, -0.2) is 23.3 Å². The van der Waals surface area contributed by atoms with E-state index in [4.69, 9.17) is 0 Å². The number of amides is 2. The Morgan fingerprint density at radius 3 is 2.72 bits per heavy atom. The average molecular weight is 353 g/mol. The number of nitrogens with one attached hydrogen (secondary N) is 2. The Labute approximate surface area is 140 Å². The fourth-order valence-electron chi connectivity index (χ4n) is 3.02. The van der Waals surface area contributed by atoms with Crippen LogP contribution < -0.4 is 15.4 Å². The second-order valence-electron chi connectivity index (χ2n) is 5.56. The monoisotopic (exact) mass is 353 g/mol. The number of Topliss-reactive ketones (excluding diaryl/α,β-unsaturated/α-hetero) is 1. The first-order valence-electron chi connectivity index (χ1n) is 7.43. The molecule has 1 aromatic carbocycles. The third-order valence-electron chi connectivity index (χ3n) is 4.02. The van der Waals surface area contributed by atoms with Gasteiger partial charge in [-0.15, -0.1) is 0 Å². The Balaban J connectivity index is 2.14. The van der Waals surface area contributed by atoms with Crippen LogP contribution in [0.1, 0.15) is 30.9 Å². The van der Waals surface area contributed by atoms with Gasteiger partial charge < -0.3 is 15.4 Å². The second-order valence-corrected chi connectivity index (χ2v) is 5.56. The molecule has 0 bridgehead atoms. The van der Waals surface area contributed by atoms with Gasteiger partial charge in [-0.1, -0.05) is 0 Å². The van der Waals surface area contributed by atoms with Crippen molar-refractivity contribution in [2.24, 2.45) is 0 Å². The van der Waals surface area contributed by atoms with Crippen molar-refractivity contribution < 1.29 is 28.0 Å². The van der Waals surface area contributed by atoms with Gasteiger partial charge in [-0.05, 0) is 18.9 Å². The average Bonchev–Trinajstić information content (AvgIpc) is 2.53. The normalized spacial score (nSPS) is 20.0.